The van der Waals surface area contributed by atoms with Crippen molar-refractivity contribution in [3.05, 3.63) is 45.1 Å². The van der Waals surface area contributed by atoms with Gasteiger partial charge in [0.05, 0.1) is 22.6 Å². The van der Waals surface area contributed by atoms with Crippen LogP contribution in [0.25, 0.3) is 10.2 Å². The smallest absolute Gasteiger partial charge is 0.142 e. The van der Waals surface area contributed by atoms with E-state index in [4.69, 9.17) is 11.6 Å². The van der Waals surface area contributed by atoms with Crippen LogP contribution in [0.15, 0.2) is 23.5 Å². The first-order chi connectivity index (χ1) is 14.0. The third kappa shape index (κ3) is 3.33. The Kier molecular flexibility index (Phi) is 4.81. The van der Waals surface area contributed by atoms with Crippen LogP contribution in [0.1, 0.15) is 34.9 Å². The lowest BCUT2D eigenvalue weighted by molar-refractivity contribution is 0.212. The number of thiophene rings is 1. The van der Waals surface area contributed by atoms with Crippen LogP contribution in [-0.4, -0.2) is 41.2 Å². The van der Waals surface area contributed by atoms with Crippen LogP contribution in [0.5, 0.6) is 0 Å². The lowest BCUT2D eigenvalue weighted by Crippen LogP contribution is -2.35. The number of nitrogens with zero attached hydrogens (tertiary/aromatic N) is 4. The molecule has 0 saturated heterocycles. The average Bonchev–Trinajstić information content (AvgIpc) is 3.30. The Hall–Kier alpha value is -2.02. The predicted octanol–water partition coefficient (Wildman–Crippen LogP) is 5.08. The van der Waals surface area contributed by atoms with Crippen molar-refractivity contribution < 1.29 is 0 Å². The van der Waals surface area contributed by atoms with Gasteiger partial charge in [0.15, 0.2) is 0 Å². The van der Waals surface area contributed by atoms with E-state index in [9.17, 15) is 0 Å². The van der Waals surface area contributed by atoms with Gasteiger partial charge in [-0.2, -0.15) is 0 Å². The molecule has 7 heteroatoms. The first-order valence-corrected chi connectivity index (χ1v) is 11.2. The molecule has 2 aliphatic rings. The standard InChI is InChI=1S/C22H24ClN5S/c1-12(28(2)3)13-4-5-16-19(8-13)29-22-20(16)21(25-11-26-22)27-18-7-15-10-24-9-14(15)6-17(18)23/h6-7,10-13H,4-5,8-9H2,1-3H3,(H,25,26,27)/t12?,13-/m0/s1. The number of fused-ring (bicyclic) bond motifs is 4. The van der Waals surface area contributed by atoms with E-state index in [1.54, 1.807) is 6.33 Å². The molecular weight excluding hydrogens is 402 g/mol. The molecule has 2 aromatic heterocycles. The van der Waals surface area contributed by atoms with Crippen LogP contribution < -0.4 is 5.32 Å². The van der Waals surface area contributed by atoms with E-state index in [0.717, 1.165) is 40.1 Å². The molecule has 0 fully saturated rings. The predicted molar refractivity (Wildman–Crippen MR) is 122 cm³/mol. The Labute approximate surface area is 179 Å². The number of aliphatic imine (C=N–C) groups is 1. The number of nitrogens with one attached hydrogen (secondary N) is 1. The van der Waals surface area contributed by atoms with Gasteiger partial charge in [0.25, 0.3) is 0 Å². The minimum absolute atomic E-state index is 0.573. The van der Waals surface area contributed by atoms with E-state index in [1.165, 1.54) is 22.4 Å². The first kappa shape index (κ1) is 19.0. The topological polar surface area (TPSA) is 53.4 Å². The Morgan fingerprint density at radius 3 is 2.97 bits per heavy atom. The molecule has 3 heterocycles. The van der Waals surface area contributed by atoms with Gasteiger partial charge in [-0.15, -0.1) is 11.3 Å². The molecule has 0 bridgehead atoms. The van der Waals surface area contributed by atoms with Crippen molar-refractivity contribution in [3.8, 4) is 0 Å². The zero-order valence-electron chi connectivity index (χ0n) is 16.9. The van der Waals surface area contributed by atoms with Gasteiger partial charge in [0.1, 0.15) is 17.0 Å². The SMILES string of the molecule is CC([C@H]1CCc2c(sc3ncnc(Nc4cc5c(cc4Cl)CN=C5)c23)C1)N(C)C. The van der Waals surface area contributed by atoms with Crippen molar-refractivity contribution in [2.45, 2.75) is 38.8 Å². The Balaban J connectivity index is 1.52. The van der Waals surface area contributed by atoms with Crippen LogP contribution in [0.3, 0.4) is 0 Å². The third-order valence-corrected chi connectivity index (χ3v) is 7.83. The van der Waals surface area contributed by atoms with Crippen molar-refractivity contribution in [2.75, 3.05) is 19.4 Å². The summed E-state index contributed by atoms with van der Waals surface area (Å²) in [6.07, 6.45) is 6.94. The van der Waals surface area contributed by atoms with Crippen molar-refractivity contribution in [3.63, 3.8) is 0 Å². The summed E-state index contributed by atoms with van der Waals surface area (Å²) >= 11 is 8.36. The van der Waals surface area contributed by atoms with E-state index in [0.29, 0.717) is 23.5 Å². The van der Waals surface area contributed by atoms with Gasteiger partial charge >= 0.3 is 0 Å². The zero-order valence-corrected chi connectivity index (χ0v) is 18.4. The molecule has 0 spiro atoms. The molecule has 5 rings (SSSR count). The molecule has 0 amide bonds. The van der Waals surface area contributed by atoms with E-state index >= 15 is 0 Å². The second-order valence-corrected chi connectivity index (χ2v) is 9.73. The molecule has 5 nitrogen and oxygen atoms in total. The van der Waals surface area contributed by atoms with Gasteiger partial charge in [-0.3, -0.25) is 4.99 Å². The van der Waals surface area contributed by atoms with E-state index < -0.39 is 0 Å². The fourth-order valence-corrected chi connectivity index (χ4v) is 5.93. The number of benzene rings is 1. The lowest BCUT2D eigenvalue weighted by atomic mass is 9.83. The maximum Gasteiger partial charge on any atom is 0.142 e. The highest BCUT2D eigenvalue weighted by molar-refractivity contribution is 7.19. The van der Waals surface area contributed by atoms with Crippen molar-refractivity contribution >= 4 is 50.9 Å². The van der Waals surface area contributed by atoms with E-state index in [2.05, 4.69) is 52.3 Å². The highest BCUT2D eigenvalue weighted by Gasteiger charge is 2.29. The molecule has 1 unspecified atom stereocenters. The molecule has 0 radical (unpaired) electrons. The molecular formula is C22H24ClN5S. The zero-order chi connectivity index (χ0) is 20.1. The second-order valence-electron chi connectivity index (χ2n) is 8.24. The van der Waals surface area contributed by atoms with E-state index in [1.807, 2.05) is 23.6 Å². The summed E-state index contributed by atoms with van der Waals surface area (Å²) in [6, 6.07) is 4.64. The van der Waals surface area contributed by atoms with Crippen LogP contribution in [0, 0.1) is 5.92 Å². The number of aryl methyl sites for hydroxylation is 1. The Bertz CT molecular complexity index is 1120. The second kappa shape index (κ2) is 7.35. The molecule has 0 saturated carbocycles. The number of halogens is 1. The van der Waals surface area contributed by atoms with Gasteiger partial charge in [0, 0.05) is 17.1 Å². The van der Waals surface area contributed by atoms with Crippen LogP contribution in [0.4, 0.5) is 11.5 Å². The fourth-order valence-electron chi connectivity index (χ4n) is 4.42. The minimum Gasteiger partial charge on any atom is -0.338 e. The average molecular weight is 426 g/mol. The molecule has 1 aliphatic carbocycles. The van der Waals surface area contributed by atoms with Crippen molar-refractivity contribution in [1.29, 1.82) is 0 Å². The van der Waals surface area contributed by atoms with E-state index in [-0.39, 0.29) is 0 Å². The highest BCUT2D eigenvalue weighted by Crippen LogP contribution is 2.42. The summed E-state index contributed by atoms with van der Waals surface area (Å²) < 4.78 is 0. The third-order valence-electron chi connectivity index (χ3n) is 6.35. The number of rotatable bonds is 4. The Morgan fingerprint density at radius 2 is 2.14 bits per heavy atom. The first-order valence-electron chi connectivity index (χ1n) is 10.0. The molecule has 3 aromatic rings. The van der Waals surface area contributed by atoms with Gasteiger partial charge < -0.3 is 10.2 Å². The molecule has 1 N–H and O–H groups in total. The monoisotopic (exact) mass is 425 g/mol. The summed E-state index contributed by atoms with van der Waals surface area (Å²) in [5.74, 6) is 1.53. The van der Waals surface area contributed by atoms with Crippen molar-refractivity contribution in [2.24, 2.45) is 10.9 Å². The lowest BCUT2D eigenvalue weighted by Gasteiger charge is -2.32. The summed E-state index contributed by atoms with van der Waals surface area (Å²) in [6.45, 7) is 3.03. The minimum atomic E-state index is 0.573. The summed E-state index contributed by atoms with van der Waals surface area (Å²) in [5, 5.41) is 5.35. The molecule has 2 atom stereocenters. The van der Waals surface area contributed by atoms with Gasteiger partial charge in [-0.1, -0.05) is 11.6 Å². The van der Waals surface area contributed by atoms with Gasteiger partial charge in [0.2, 0.25) is 0 Å². The quantitative estimate of drug-likeness (QED) is 0.633. The maximum atomic E-state index is 6.55. The van der Waals surface area contributed by atoms with Crippen LogP contribution >= 0.6 is 22.9 Å². The molecule has 1 aliphatic heterocycles. The summed E-state index contributed by atoms with van der Waals surface area (Å²) in [5.41, 5.74) is 4.57. The largest absolute Gasteiger partial charge is 0.338 e. The summed E-state index contributed by atoms with van der Waals surface area (Å²) in [7, 11) is 4.34. The number of hydrogen-bond acceptors (Lipinski definition) is 6. The number of anilines is 2. The fraction of sp³-hybridized carbons (Fsp3) is 0.409. The van der Waals surface area contributed by atoms with Gasteiger partial charge in [-0.25, -0.2) is 9.97 Å². The van der Waals surface area contributed by atoms with Crippen molar-refractivity contribution in [1.82, 2.24) is 14.9 Å². The number of aromatic nitrogens is 2. The summed E-state index contributed by atoms with van der Waals surface area (Å²) in [4.78, 5) is 18.3. The normalized spacial score (nSPS) is 18.9. The molecule has 1 aromatic carbocycles. The number of hydrogen-bond donors (Lipinski definition) is 1. The van der Waals surface area contributed by atoms with Gasteiger partial charge in [-0.05, 0) is 75.0 Å². The maximum absolute atomic E-state index is 6.55. The van der Waals surface area contributed by atoms with Crippen LogP contribution in [-0.2, 0) is 19.4 Å². The molecule has 29 heavy (non-hydrogen) atoms. The highest BCUT2D eigenvalue weighted by atomic mass is 35.5. The molecule has 150 valence electrons. The Morgan fingerprint density at radius 1 is 1.28 bits per heavy atom. The van der Waals surface area contributed by atoms with Crippen LogP contribution in [0.2, 0.25) is 5.02 Å².